The molecule has 44 heavy (non-hydrogen) atoms. The van der Waals surface area contributed by atoms with Gasteiger partial charge in [0.15, 0.2) is 5.83 Å². The van der Waals surface area contributed by atoms with E-state index >= 15 is 4.39 Å². The van der Waals surface area contributed by atoms with Crippen molar-refractivity contribution in [2.24, 2.45) is 0 Å². The second-order valence-corrected chi connectivity index (χ2v) is 11.8. The molecule has 10 nitrogen and oxygen atoms in total. The molecule has 1 aromatic carbocycles. The van der Waals surface area contributed by atoms with Crippen LogP contribution in [-0.4, -0.2) is 84.1 Å². The van der Waals surface area contributed by atoms with Crippen molar-refractivity contribution < 1.29 is 18.3 Å². The third kappa shape index (κ3) is 5.26. The van der Waals surface area contributed by atoms with Crippen LogP contribution in [0.1, 0.15) is 36.6 Å². The van der Waals surface area contributed by atoms with Crippen molar-refractivity contribution in [1.82, 2.24) is 19.8 Å². The number of carbonyl (C=O) groups is 1. The molecule has 2 atom stereocenters. The van der Waals surface area contributed by atoms with E-state index in [-0.39, 0.29) is 47.7 Å². The van der Waals surface area contributed by atoms with E-state index in [1.807, 2.05) is 23.8 Å². The zero-order valence-electron chi connectivity index (χ0n) is 24.9. The van der Waals surface area contributed by atoms with Crippen LogP contribution in [0.4, 0.5) is 20.2 Å². The number of amides is 1. The maximum atomic E-state index is 15.4. The number of fused-ring (bicyclic) bond motifs is 2. The molecule has 12 heteroatoms. The van der Waals surface area contributed by atoms with Crippen molar-refractivity contribution in [2.45, 2.75) is 44.8 Å². The van der Waals surface area contributed by atoms with Crippen LogP contribution in [0.25, 0.3) is 10.8 Å². The Morgan fingerprint density at radius 3 is 2.73 bits per heavy atom. The quantitative estimate of drug-likeness (QED) is 0.427. The molecule has 6 rings (SSSR count). The van der Waals surface area contributed by atoms with Crippen LogP contribution in [0, 0.1) is 17.1 Å². The summed E-state index contributed by atoms with van der Waals surface area (Å²) in [4.78, 5) is 40.3. The van der Waals surface area contributed by atoms with E-state index in [4.69, 9.17) is 9.72 Å². The van der Waals surface area contributed by atoms with Crippen LogP contribution in [0.2, 0.25) is 0 Å². The number of hydrogen-bond acceptors (Lipinski definition) is 8. The Hall–Kier alpha value is -4.50. The first-order valence-electron chi connectivity index (χ1n) is 14.9. The minimum absolute atomic E-state index is 0.194. The molecule has 0 bridgehead atoms. The van der Waals surface area contributed by atoms with Gasteiger partial charge in [0.1, 0.15) is 24.1 Å². The summed E-state index contributed by atoms with van der Waals surface area (Å²) in [5.41, 5.74) is 2.31. The summed E-state index contributed by atoms with van der Waals surface area (Å²) in [5, 5.41) is 11.3. The number of benzene rings is 1. The van der Waals surface area contributed by atoms with Gasteiger partial charge >= 0.3 is 0 Å². The maximum absolute atomic E-state index is 15.4. The molecule has 230 valence electrons. The number of hydrogen-bond donors (Lipinski definition) is 1. The van der Waals surface area contributed by atoms with Gasteiger partial charge in [-0.3, -0.25) is 9.59 Å². The van der Waals surface area contributed by atoms with E-state index in [0.717, 1.165) is 24.9 Å². The highest BCUT2D eigenvalue weighted by molar-refractivity contribution is 5.94. The molecule has 5 heterocycles. The molecule has 0 radical (unpaired) electrons. The molecule has 3 aliphatic heterocycles. The number of nitriles is 1. The number of ether oxygens (including phenoxy) is 1. The van der Waals surface area contributed by atoms with Gasteiger partial charge in [0.25, 0.3) is 11.5 Å². The number of rotatable bonds is 6. The van der Waals surface area contributed by atoms with Crippen LogP contribution < -0.4 is 20.1 Å². The van der Waals surface area contributed by atoms with Gasteiger partial charge < -0.3 is 29.3 Å². The lowest BCUT2D eigenvalue weighted by atomic mass is 9.96. The number of carbonyl (C=O) groups excluding carboxylic acids is 1. The molecule has 3 aromatic rings. The van der Waals surface area contributed by atoms with Gasteiger partial charge in [-0.25, -0.2) is 13.8 Å². The zero-order valence-corrected chi connectivity index (χ0v) is 24.9. The first-order chi connectivity index (χ1) is 21.2. The third-order valence-corrected chi connectivity index (χ3v) is 9.11. The monoisotopic (exact) mass is 603 g/mol. The summed E-state index contributed by atoms with van der Waals surface area (Å²) < 4.78 is 35.4. The second kappa shape index (κ2) is 11.9. The largest absolute Gasteiger partial charge is 0.475 e. The van der Waals surface area contributed by atoms with Crippen molar-refractivity contribution in [3.63, 3.8) is 0 Å². The number of anilines is 2. The van der Waals surface area contributed by atoms with Gasteiger partial charge in [-0.15, -0.1) is 0 Å². The smallest absolute Gasteiger partial charge is 0.282 e. The fourth-order valence-electron chi connectivity index (χ4n) is 6.81. The van der Waals surface area contributed by atoms with Crippen LogP contribution in [0.3, 0.4) is 0 Å². The maximum Gasteiger partial charge on any atom is 0.282 e. The number of likely N-dealkylation sites (N-methyl/N-ethyl adjacent to an activating group) is 1. The summed E-state index contributed by atoms with van der Waals surface area (Å²) in [7, 11) is 2.05. The number of halogens is 2. The molecule has 0 spiro atoms. The van der Waals surface area contributed by atoms with E-state index in [9.17, 15) is 19.2 Å². The number of nitrogens with zero attached hydrogens (tertiary/aromatic N) is 6. The standard InChI is InChI=1S/C32H35F2N7O3/c1-19-16-40(13-14-41(19)32(43)20(2)33)28-23-9-12-39(29-25(34)7-6-21-8-10-36-30(42)27(21)29)17-26(23)37-31(24(28)15-35)44-18-22-5-4-11-38(22)3/h6-8,10,19,22H,2,4-5,9,11-14,16-18H2,1,3H3,(H,36,42)/t19-,22-/m0/s1. The first kappa shape index (κ1) is 29.6. The number of aromatic amines is 1. The fourth-order valence-corrected chi connectivity index (χ4v) is 6.81. The molecule has 2 saturated heterocycles. The lowest BCUT2D eigenvalue weighted by molar-refractivity contribution is -0.131. The lowest BCUT2D eigenvalue weighted by Gasteiger charge is -2.42. The molecule has 3 aliphatic rings. The predicted octanol–water partition coefficient (Wildman–Crippen LogP) is 3.49. The van der Waals surface area contributed by atoms with Gasteiger partial charge in [-0.1, -0.05) is 12.6 Å². The van der Waals surface area contributed by atoms with Crippen molar-refractivity contribution in [2.75, 3.05) is 56.2 Å². The van der Waals surface area contributed by atoms with Crippen molar-refractivity contribution >= 4 is 28.1 Å². The molecule has 0 saturated carbocycles. The van der Waals surface area contributed by atoms with E-state index in [1.165, 1.54) is 17.2 Å². The van der Waals surface area contributed by atoms with Gasteiger partial charge in [0.2, 0.25) is 5.88 Å². The molecule has 2 aromatic heterocycles. The number of H-pyrrole nitrogens is 1. The van der Waals surface area contributed by atoms with E-state index in [2.05, 4.69) is 22.5 Å². The summed E-state index contributed by atoms with van der Waals surface area (Å²) in [6.07, 6.45) is 4.02. The third-order valence-electron chi connectivity index (χ3n) is 9.11. The van der Waals surface area contributed by atoms with Crippen molar-refractivity contribution in [3.8, 4) is 11.9 Å². The number of aromatic nitrogens is 2. The van der Waals surface area contributed by atoms with Crippen LogP contribution >= 0.6 is 0 Å². The molecule has 0 aliphatic carbocycles. The fraction of sp³-hybridized carbons (Fsp3) is 0.438. The lowest BCUT2D eigenvalue weighted by Crippen LogP contribution is -2.54. The number of pyridine rings is 2. The normalized spacial score (nSPS) is 20.5. The van der Waals surface area contributed by atoms with Gasteiger partial charge in [-0.05, 0) is 57.3 Å². The second-order valence-electron chi connectivity index (χ2n) is 11.8. The predicted molar refractivity (Wildman–Crippen MR) is 163 cm³/mol. The average Bonchev–Trinajstić information content (AvgIpc) is 3.43. The Morgan fingerprint density at radius 1 is 1.20 bits per heavy atom. The Labute approximate surface area is 254 Å². The van der Waals surface area contributed by atoms with Crippen molar-refractivity contribution in [3.05, 3.63) is 69.8 Å². The van der Waals surface area contributed by atoms with Crippen LogP contribution in [0.15, 0.2) is 41.6 Å². The SMILES string of the molecule is C=C(F)C(=O)N1CCN(c2c(C#N)c(OC[C@@H]3CCCN3C)nc3c2CCN(c2c(F)ccc4cc[nH]c(=O)c24)C3)C[C@@H]1C. The van der Waals surface area contributed by atoms with Crippen molar-refractivity contribution in [1.29, 1.82) is 5.26 Å². The Bertz CT molecular complexity index is 1740. The number of nitrogens with one attached hydrogen (secondary N) is 1. The van der Waals surface area contributed by atoms with Gasteiger partial charge in [-0.2, -0.15) is 5.26 Å². The Kier molecular flexibility index (Phi) is 7.98. The minimum Gasteiger partial charge on any atom is -0.475 e. The Balaban J connectivity index is 1.41. The van der Waals surface area contributed by atoms with E-state index in [0.29, 0.717) is 55.0 Å². The van der Waals surface area contributed by atoms with E-state index in [1.54, 1.807) is 12.1 Å². The summed E-state index contributed by atoms with van der Waals surface area (Å²) >= 11 is 0. The summed E-state index contributed by atoms with van der Waals surface area (Å²) in [5.74, 6) is -2.03. The molecule has 2 fully saturated rings. The minimum atomic E-state index is -1.00. The topological polar surface area (TPSA) is 109 Å². The molecular formula is C32H35F2N7O3. The highest BCUT2D eigenvalue weighted by Crippen LogP contribution is 2.39. The highest BCUT2D eigenvalue weighted by Gasteiger charge is 2.35. The molecule has 1 amide bonds. The Morgan fingerprint density at radius 2 is 2.02 bits per heavy atom. The van der Waals surface area contributed by atoms with Crippen LogP contribution in [-0.2, 0) is 17.8 Å². The zero-order chi connectivity index (χ0) is 31.1. The first-order valence-corrected chi connectivity index (χ1v) is 14.9. The summed E-state index contributed by atoms with van der Waals surface area (Å²) in [6.45, 7) is 7.92. The number of piperazine rings is 1. The summed E-state index contributed by atoms with van der Waals surface area (Å²) in [6, 6.07) is 6.88. The molecule has 1 N–H and O–H groups in total. The number of likely N-dealkylation sites (tertiary alicyclic amines) is 1. The highest BCUT2D eigenvalue weighted by atomic mass is 19.1. The molecular weight excluding hydrogens is 568 g/mol. The average molecular weight is 604 g/mol. The van der Waals surface area contributed by atoms with E-state index < -0.39 is 17.6 Å². The molecule has 0 unspecified atom stereocenters. The van der Waals surface area contributed by atoms with Gasteiger partial charge in [0, 0.05) is 50.0 Å². The van der Waals surface area contributed by atoms with Crippen LogP contribution in [0.5, 0.6) is 5.88 Å². The van der Waals surface area contributed by atoms with Gasteiger partial charge in [0.05, 0.1) is 29.0 Å².